The maximum Gasteiger partial charge on any atom is 0.0473 e. The minimum atomic E-state index is 0.389. The molecule has 1 saturated heterocycles. The molecule has 2 atom stereocenters. The molecule has 1 fully saturated rings. The minimum Gasteiger partial charge on any atom is -0.329 e. The topological polar surface area (TPSA) is 29.3 Å². The van der Waals surface area contributed by atoms with Crippen molar-refractivity contribution in [3.05, 3.63) is 35.4 Å². The zero-order chi connectivity index (χ0) is 13.1. The maximum atomic E-state index is 6.06. The Bertz CT molecular complexity index is 386. The maximum absolute atomic E-state index is 6.06. The number of aryl methyl sites for hydroxylation is 1. The molecule has 0 amide bonds. The first-order chi connectivity index (χ1) is 8.63. The van der Waals surface area contributed by atoms with Gasteiger partial charge in [-0.05, 0) is 37.8 Å². The van der Waals surface area contributed by atoms with Gasteiger partial charge in [-0.25, -0.2) is 0 Å². The Kier molecular flexibility index (Phi) is 4.41. The predicted octanol–water partition coefficient (Wildman–Crippen LogP) is 3.12. The predicted molar refractivity (Wildman–Crippen MR) is 77.5 cm³/mol. The number of rotatable bonds is 4. The molecule has 0 saturated carbocycles. The van der Waals surface area contributed by atoms with Crippen LogP contribution >= 0.6 is 0 Å². The first kappa shape index (κ1) is 13.6. The lowest BCUT2D eigenvalue weighted by Gasteiger charge is -2.35. The summed E-state index contributed by atoms with van der Waals surface area (Å²) in [4.78, 5) is 2.62. The van der Waals surface area contributed by atoms with E-state index < -0.39 is 0 Å². The van der Waals surface area contributed by atoms with Gasteiger partial charge in [0.25, 0.3) is 0 Å². The van der Waals surface area contributed by atoms with Gasteiger partial charge in [0.05, 0.1) is 0 Å². The largest absolute Gasteiger partial charge is 0.329 e. The third-order valence-corrected chi connectivity index (χ3v) is 4.16. The van der Waals surface area contributed by atoms with E-state index in [0.29, 0.717) is 24.5 Å². The summed E-state index contributed by atoms with van der Waals surface area (Å²) >= 11 is 0. The molecule has 2 heteroatoms. The molecule has 1 aromatic carbocycles. The lowest BCUT2D eigenvalue weighted by Crippen LogP contribution is -2.39. The summed E-state index contributed by atoms with van der Waals surface area (Å²) in [7, 11) is 0. The summed E-state index contributed by atoms with van der Waals surface area (Å²) in [5, 5.41) is 0. The van der Waals surface area contributed by atoms with Crippen LogP contribution < -0.4 is 5.73 Å². The van der Waals surface area contributed by atoms with E-state index in [-0.39, 0.29) is 0 Å². The van der Waals surface area contributed by atoms with Crippen molar-refractivity contribution in [1.29, 1.82) is 0 Å². The molecular formula is C16H26N2. The summed E-state index contributed by atoms with van der Waals surface area (Å²) in [5.74, 6) is 0.714. The van der Waals surface area contributed by atoms with Crippen LogP contribution in [-0.2, 0) is 0 Å². The van der Waals surface area contributed by atoms with Crippen LogP contribution in [0, 0.1) is 12.8 Å². The molecule has 2 unspecified atom stereocenters. The highest BCUT2D eigenvalue weighted by Crippen LogP contribution is 2.32. The molecule has 1 heterocycles. The fourth-order valence-electron chi connectivity index (χ4n) is 3.26. The molecule has 2 rings (SSSR count). The van der Waals surface area contributed by atoms with Crippen LogP contribution in [0.25, 0.3) is 0 Å². The van der Waals surface area contributed by atoms with Crippen LogP contribution in [0.2, 0.25) is 0 Å². The standard InChI is InChI=1S/C16H26N2/c1-12(2)15-8-5-9-18(15)16(11-17)14-7-4-6-13(3)10-14/h4,6-7,10,12,15-16H,5,8-9,11,17H2,1-3H3. The SMILES string of the molecule is Cc1cccc(C(CN)N2CCCC2C(C)C)c1. The van der Waals surface area contributed by atoms with E-state index in [2.05, 4.69) is 49.9 Å². The Labute approximate surface area is 111 Å². The zero-order valence-corrected chi connectivity index (χ0v) is 11.9. The second kappa shape index (κ2) is 5.85. The molecule has 0 aliphatic carbocycles. The van der Waals surface area contributed by atoms with Crippen molar-refractivity contribution in [3.8, 4) is 0 Å². The Morgan fingerprint density at radius 1 is 1.39 bits per heavy atom. The molecular weight excluding hydrogens is 220 g/mol. The highest BCUT2D eigenvalue weighted by molar-refractivity contribution is 5.25. The molecule has 2 nitrogen and oxygen atoms in total. The molecule has 0 bridgehead atoms. The summed E-state index contributed by atoms with van der Waals surface area (Å²) < 4.78 is 0. The summed E-state index contributed by atoms with van der Waals surface area (Å²) in [6, 6.07) is 9.89. The summed E-state index contributed by atoms with van der Waals surface area (Å²) in [5.41, 5.74) is 8.76. The Hall–Kier alpha value is -0.860. The second-order valence-electron chi connectivity index (χ2n) is 5.86. The number of hydrogen-bond acceptors (Lipinski definition) is 2. The van der Waals surface area contributed by atoms with E-state index in [0.717, 1.165) is 0 Å². The monoisotopic (exact) mass is 246 g/mol. The van der Waals surface area contributed by atoms with Crippen LogP contribution in [0.1, 0.15) is 43.9 Å². The number of nitrogens with two attached hydrogens (primary N) is 1. The van der Waals surface area contributed by atoms with E-state index in [1.165, 1.54) is 30.5 Å². The molecule has 0 spiro atoms. The van der Waals surface area contributed by atoms with Crippen molar-refractivity contribution in [1.82, 2.24) is 4.90 Å². The Morgan fingerprint density at radius 2 is 2.17 bits per heavy atom. The number of nitrogens with zero attached hydrogens (tertiary/aromatic N) is 1. The van der Waals surface area contributed by atoms with Crippen molar-refractivity contribution in [3.63, 3.8) is 0 Å². The summed E-state index contributed by atoms with van der Waals surface area (Å²) in [6.45, 7) is 8.71. The fourth-order valence-corrected chi connectivity index (χ4v) is 3.26. The number of benzene rings is 1. The van der Waals surface area contributed by atoms with Gasteiger partial charge in [-0.3, -0.25) is 4.90 Å². The Balaban J connectivity index is 2.23. The highest BCUT2D eigenvalue weighted by atomic mass is 15.2. The molecule has 100 valence electrons. The van der Waals surface area contributed by atoms with Gasteiger partial charge in [0.15, 0.2) is 0 Å². The third-order valence-electron chi connectivity index (χ3n) is 4.16. The molecule has 1 aliphatic rings. The first-order valence-electron chi connectivity index (χ1n) is 7.16. The van der Waals surface area contributed by atoms with Crippen molar-refractivity contribution in [2.24, 2.45) is 11.7 Å². The van der Waals surface area contributed by atoms with Crippen molar-refractivity contribution < 1.29 is 0 Å². The number of likely N-dealkylation sites (tertiary alicyclic amines) is 1. The second-order valence-corrected chi connectivity index (χ2v) is 5.86. The van der Waals surface area contributed by atoms with Gasteiger partial charge < -0.3 is 5.73 Å². The minimum absolute atomic E-state index is 0.389. The smallest absolute Gasteiger partial charge is 0.0473 e. The van der Waals surface area contributed by atoms with Crippen LogP contribution in [-0.4, -0.2) is 24.0 Å². The lowest BCUT2D eigenvalue weighted by atomic mass is 9.97. The Morgan fingerprint density at radius 3 is 2.78 bits per heavy atom. The van der Waals surface area contributed by atoms with Crippen LogP contribution in [0.4, 0.5) is 0 Å². The van der Waals surface area contributed by atoms with E-state index in [1.54, 1.807) is 0 Å². The van der Waals surface area contributed by atoms with Crippen LogP contribution in [0.3, 0.4) is 0 Å². The quantitative estimate of drug-likeness (QED) is 0.884. The van der Waals surface area contributed by atoms with Gasteiger partial charge in [0.2, 0.25) is 0 Å². The van der Waals surface area contributed by atoms with E-state index in [9.17, 15) is 0 Å². The lowest BCUT2D eigenvalue weighted by molar-refractivity contribution is 0.149. The van der Waals surface area contributed by atoms with Crippen LogP contribution in [0.15, 0.2) is 24.3 Å². The zero-order valence-electron chi connectivity index (χ0n) is 11.9. The van der Waals surface area contributed by atoms with E-state index in [1.807, 2.05) is 0 Å². The molecule has 0 aromatic heterocycles. The van der Waals surface area contributed by atoms with E-state index in [4.69, 9.17) is 5.73 Å². The van der Waals surface area contributed by atoms with Gasteiger partial charge in [0, 0.05) is 18.6 Å². The molecule has 18 heavy (non-hydrogen) atoms. The van der Waals surface area contributed by atoms with Crippen molar-refractivity contribution in [2.75, 3.05) is 13.1 Å². The molecule has 0 radical (unpaired) electrons. The van der Waals surface area contributed by atoms with Gasteiger partial charge in [-0.15, -0.1) is 0 Å². The molecule has 1 aromatic rings. The average Bonchev–Trinajstić information content (AvgIpc) is 2.79. The van der Waals surface area contributed by atoms with Gasteiger partial charge in [0.1, 0.15) is 0 Å². The summed E-state index contributed by atoms with van der Waals surface area (Å²) in [6.07, 6.45) is 2.63. The molecule has 2 N–H and O–H groups in total. The highest BCUT2D eigenvalue weighted by Gasteiger charge is 2.32. The number of hydrogen-bond donors (Lipinski definition) is 1. The third kappa shape index (κ3) is 2.76. The average molecular weight is 246 g/mol. The van der Waals surface area contributed by atoms with E-state index >= 15 is 0 Å². The molecule has 1 aliphatic heterocycles. The van der Waals surface area contributed by atoms with Crippen LogP contribution in [0.5, 0.6) is 0 Å². The van der Waals surface area contributed by atoms with Crippen molar-refractivity contribution >= 4 is 0 Å². The fraction of sp³-hybridized carbons (Fsp3) is 0.625. The normalized spacial score (nSPS) is 22.6. The van der Waals surface area contributed by atoms with Gasteiger partial charge in [-0.2, -0.15) is 0 Å². The first-order valence-corrected chi connectivity index (χ1v) is 7.16. The van der Waals surface area contributed by atoms with Gasteiger partial charge in [-0.1, -0.05) is 43.7 Å². The van der Waals surface area contributed by atoms with Gasteiger partial charge >= 0.3 is 0 Å². The van der Waals surface area contributed by atoms with Crippen molar-refractivity contribution in [2.45, 2.75) is 45.7 Å².